The van der Waals surface area contributed by atoms with Crippen LogP contribution < -0.4 is 0 Å². The van der Waals surface area contributed by atoms with Crippen molar-refractivity contribution in [1.82, 2.24) is 0 Å². The molecule has 0 radical (unpaired) electrons. The molecule has 0 aliphatic carbocycles. The van der Waals surface area contributed by atoms with E-state index in [1.807, 2.05) is 0 Å². The third-order valence-corrected chi connectivity index (χ3v) is 48.3. The Morgan fingerprint density at radius 3 is 0.368 bits per heavy atom. The van der Waals surface area contributed by atoms with E-state index >= 15 is 0 Å². The van der Waals surface area contributed by atoms with Crippen LogP contribution >= 0.6 is 0 Å². The first-order valence-corrected chi connectivity index (χ1v) is 37.4. The second-order valence-corrected chi connectivity index (χ2v) is 41.4. The van der Waals surface area contributed by atoms with Crippen LogP contribution in [0.5, 0.6) is 0 Å². The molecular weight excluding hydrogens is 1060 g/mol. The van der Waals surface area contributed by atoms with Crippen molar-refractivity contribution in [3.8, 4) is 0 Å². The lowest BCUT2D eigenvalue weighted by atomic mass is 10.3. The number of rotatable bonds is 32. The van der Waals surface area contributed by atoms with Gasteiger partial charge in [0.15, 0.2) is 0 Å². The first-order chi connectivity index (χ1) is 31.8. The molecule has 384 valence electrons. The maximum Gasteiger partial charge on any atom is 0.478 e. The molecule has 8 N–H and O–H groups in total. The summed E-state index contributed by atoms with van der Waals surface area (Å²) in [5.74, 6) is -10.2. The van der Waals surface area contributed by atoms with Gasteiger partial charge in [0.2, 0.25) is 0 Å². The van der Waals surface area contributed by atoms with Crippen molar-refractivity contribution in [3.63, 3.8) is 0 Å². The van der Waals surface area contributed by atoms with Gasteiger partial charge in [0.05, 0.1) is 0 Å². The van der Waals surface area contributed by atoms with Crippen molar-refractivity contribution >= 4 is 118 Å². The van der Waals surface area contributed by atoms with E-state index in [1.54, 1.807) is 0 Å². The Bertz CT molecular complexity index is 1440. The van der Waals surface area contributed by atoms with Crippen molar-refractivity contribution < 1.29 is 129 Å². The van der Waals surface area contributed by atoms with E-state index < -0.39 is 218 Å². The highest BCUT2D eigenvalue weighted by atomic mass is 28.6. The molecule has 0 atom stereocenters. The molecule has 0 spiro atoms. The zero-order valence-corrected chi connectivity index (χ0v) is 44.7. The Labute approximate surface area is 396 Å². The third kappa shape index (κ3) is 15.5. The molecule has 6 heterocycles. The summed E-state index contributed by atoms with van der Waals surface area (Å²) in [5.41, 5.74) is 0. The molecule has 8 bridgehead atoms. The molecule has 6 aliphatic heterocycles. The average molecular weight is 1110 g/mol. The van der Waals surface area contributed by atoms with Gasteiger partial charge in [-0.3, -0.25) is 38.4 Å². The van der Waals surface area contributed by atoms with E-state index in [1.165, 1.54) is 0 Å². The minimum absolute atomic E-state index is 0.271. The number of carboxylic acids is 8. The maximum atomic E-state index is 12.1. The van der Waals surface area contributed by atoms with E-state index in [0.717, 1.165) is 0 Å². The number of hydrogen-bond acceptors (Lipinski definition) is 20. The van der Waals surface area contributed by atoms with Crippen LogP contribution in [0, 0.1) is 0 Å². The highest BCUT2D eigenvalue weighted by molar-refractivity contribution is 7.03. The highest BCUT2D eigenvalue weighted by Gasteiger charge is 2.82. The van der Waals surface area contributed by atoms with Crippen LogP contribution in [0.3, 0.4) is 0 Å². The standard InChI is InChI=1S/C32H56O28Si8/c33-25(34)9-1-17-61-49-62(18-2-10-26(35)36)52-65(21-5-13-29(41)42)54-63(50-61,19-3-11-27(37)38)56-67(23-7-15-31(45)46)57-64(51-61,20-4-12-28(39)40)55-66(53-62,22-6-14-30(43)44)59-68(58-65,60-67)24-8-16-32(47)48/h1-24H2,(H,33,34)(H,35,36)(H,37,38)(H,39,40)(H,41,42)(H,43,44)(H,45,46)(H,47,48). The molecule has 0 aromatic heterocycles. The summed E-state index contributed by atoms with van der Waals surface area (Å²) in [7, 11) is -39.8. The van der Waals surface area contributed by atoms with Crippen molar-refractivity contribution in [2.24, 2.45) is 0 Å². The van der Waals surface area contributed by atoms with E-state index in [2.05, 4.69) is 0 Å². The van der Waals surface area contributed by atoms with Crippen LogP contribution in [0.2, 0.25) is 48.4 Å². The van der Waals surface area contributed by atoms with Crippen LogP contribution in [-0.2, 0) is 87.7 Å². The summed E-state index contributed by atoms with van der Waals surface area (Å²) in [6.45, 7) is 0. The van der Waals surface area contributed by atoms with Gasteiger partial charge in [-0.1, -0.05) is 0 Å². The Morgan fingerprint density at radius 1 is 0.206 bits per heavy atom. The van der Waals surface area contributed by atoms with Gasteiger partial charge < -0.3 is 90.2 Å². The van der Waals surface area contributed by atoms with Crippen molar-refractivity contribution in [3.05, 3.63) is 0 Å². The molecule has 36 heteroatoms. The van der Waals surface area contributed by atoms with E-state index in [-0.39, 0.29) is 51.4 Å². The average Bonchev–Trinajstić information content (AvgIpc) is 3.13. The predicted molar refractivity (Wildman–Crippen MR) is 232 cm³/mol. The Balaban J connectivity index is 1.93. The van der Waals surface area contributed by atoms with Gasteiger partial charge >= 0.3 is 118 Å². The minimum Gasteiger partial charge on any atom is -0.481 e. The molecular formula is C32H56O28Si8. The van der Waals surface area contributed by atoms with Crippen LogP contribution in [0.25, 0.3) is 0 Å². The second kappa shape index (κ2) is 23.0. The van der Waals surface area contributed by atoms with Crippen LogP contribution in [0.1, 0.15) is 103 Å². The van der Waals surface area contributed by atoms with Gasteiger partial charge in [-0.05, 0) is 51.4 Å². The SMILES string of the molecule is O=C(O)CCC[Si]12O[Si]3(CCCC(=O)O)O[Si]4(CCCC(=O)O)O[Si](CCCC(=O)O)(O1)O[Si]1(CCCC(=O)O)O[Si](CCCC(=O)O)(O2)O[Si](CCCC(=O)O)(O3)O[Si](CCCC(=O)O)(O4)O1. The Morgan fingerprint density at radius 2 is 0.294 bits per heavy atom. The van der Waals surface area contributed by atoms with Crippen LogP contribution in [-0.4, -0.2) is 159 Å². The third-order valence-electron chi connectivity index (χ3n) is 10.7. The van der Waals surface area contributed by atoms with Crippen LogP contribution in [0.4, 0.5) is 0 Å². The molecule has 6 rings (SSSR count). The number of carbonyl (C=O) groups is 8. The molecule has 28 nitrogen and oxygen atoms in total. The predicted octanol–water partition coefficient (Wildman–Crippen LogP) is 2.68. The van der Waals surface area contributed by atoms with Gasteiger partial charge in [0.25, 0.3) is 0 Å². The molecule has 0 unspecified atom stereocenters. The summed E-state index contributed by atoms with van der Waals surface area (Å²) in [6.07, 6.45) is -6.39. The Hall–Kier alpha value is -2.98. The molecule has 0 aromatic rings. The Kier molecular flexibility index (Phi) is 19.0. The van der Waals surface area contributed by atoms with E-state index in [9.17, 15) is 79.2 Å². The van der Waals surface area contributed by atoms with E-state index in [4.69, 9.17) is 49.4 Å². The highest BCUT2D eigenvalue weighted by Crippen LogP contribution is 2.55. The molecule has 0 aromatic carbocycles. The lowest BCUT2D eigenvalue weighted by molar-refractivity contribution is -0.138. The second-order valence-electron chi connectivity index (χ2n) is 16.7. The largest absolute Gasteiger partial charge is 0.481 e. The summed E-state index contributed by atoms with van der Waals surface area (Å²) >= 11 is 0. The zero-order valence-electron chi connectivity index (χ0n) is 36.7. The molecule has 6 aliphatic rings. The number of aliphatic carboxylic acids is 8. The smallest absolute Gasteiger partial charge is 0.478 e. The first kappa shape index (κ1) is 55.9. The fourth-order valence-electron chi connectivity index (χ4n) is 8.22. The van der Waals surface area contributed by atoms with Gasteiger partial charge in [-0.15, -0.1) is 0 Å². The summed E-state index contributed by atoms with van der Waals surface area (Å²) in [5, 5.41) is 78.7. The molecule has 6 fully saturated rings. The fraction of sp³-hybridized carbons (Fsp3) is 0.750. The molecule has 6 saturated heterocycles. The van der Waals surface area contributed by atoms with Gasteiger partial charge in [0.1, 0.15) is 0 Å². The van der Waals surface area contributed by atoms with E-state index in [0.29, 0.717) is 0 Å². The number of hydrogen-bond donors (Lipinski definition) is 8. The van der Waals surface area contributed by atoms with Crippen molar-refractivity contribution in [2.75, 3.05) is 0 Å². The maximum absolute atomic E-state index is 12.1. The zero-order chi connectivity index (χ0) is 50.1. The molecule has 68 heavy (non-hydrogen) atoms. The molecule has 0 saturated carbocycles. The van der Waals surface area contributed by atoms with Gasteiger partial charge in [-0.2, -0.15) is 0 Å². The molecule has 0 amide bonds. The number of carboxylic acid groups (broad SMARTS) is 8. The van der Waals surface area contributed by atoms with Crippen LogP contribution in [0.15, 0.2) is 0 Å². The minimum atomic E-state index is -4.97. The summed E-state index contributed by atoms with van der Waals surface area (Å²) < 4.78 is 85.5. The van der Waals surface area contributed by atoms with Gasteiger partial charge in [0, 0.05) is 99.7 Å². The monoisotopic (exact) mass is 1110 g/mol. The summed E-state index contributed by atoms with van der Waals surface area (Å²) in [4.78, 5) is 96.6. The first-order valence-electron chi connectivity index (χ1n) is 22.0. The normalized spacial score (nSPS) is 33.6. The van der Waals surface area contributed by atoms with Crippen molar-refractivity contribution in [1.29, 1.82) is 0 Å². The summed E-state index contributed by atoms with van der Waals surface area (Å²) in [6, 6.07) is -3.51. The van der Waals surface area contributed by atoms with Gasteiger partial charge in [-0.25, -0.2) is 0 Å². The topological polar surface area (TPSA) is 409 Å². The quantitative estimate of drug-likeness (QED) is 0.0449. The fourth-order valence-corrected chi connectivity index (χ4v) is 58.6. The lowest BCUT2D eigenvalue weighted by Crippen LogP contribution is -2.88. The lowest BCUT2D eigenvalue weighted by Gasteiger charge is -2.63. The van der Waals surface area contributed by atoms with Crippen molar-refractivity contribution in [2.45, 2.75) is 151 Å².